The summed E-state index contributed by atoms with van der Waals surface area (Å²) in [6.07, 6.45) is 11.8. The summed E-state index contributed by atoms with van der Waals surface area (Å²) >= 11 is 0. The number of unbranched alkanes of at least 4 members (excludes halogenated alkanes) is 8. The monoisotopic (exact) mass is 303 g/mol. The van der Waals surface area contributed by atoms with E-state index < -0.39 is 0 Å². The first-order chi connectivity index (χ1) is 10.3. The lowest BCUT2D eigenvalue weighted by Crippen LogP contribution is -2.21. The number of hydrogen-bond donors (Lipinski definition) is 2. The Kier molecular flexibility index (Phi) is 32.8. The van der Waals surface area contributed by atoms with E-state index in [1.54, 1.807) is 0 Å². The molecule has 0 aromatic rings. The van der Waals surface area contributed by atoms with Crippen molar-refractivity contribution in [3.05, 3.63) is 0 Å². The van der Waals surface area contributed by atoms with Crippen LogP contribution in [0.25, 0.3) is 0 Å². The van der Waals surface area contributed by atoms with Gasteiger partial charge in [0.25, 0.3) is 0 Å². The third kappa shape index (κ3) is 28.1. The number of carbonyl (C=O) groups excluding carboxylic acids is 2. The summed E-state index contributed by atoms with van der Waals surface area (Å²) in [5.74, 6) is 0.182. The van der Waals surface area contributed by atoms with Crippen LogP contribution in [-0.2, 0) is 9.59 Å². The number of hydrogen-bond acceptors (Lipinski definition) is 3. The quantitative estimate of drug-likeness (QED) is 0.425. The van der Waals surface area contributed by atoms with Gasteiger partial charge >= 0.3 is 0 Å². The highest BCUT2D eigenvalue weighted by molar-refractivity contribution is 5.75. The Morgan fingerprint density at radius 2 is 1.33 bits per heavy atom. The summed E-state index contributed by atoms with van der Waals surface area (Å²) in [5, 5.41) is 9.81. The van der Waals surface area contributed by atoms with E-state index >= 15 is 0 Å². The largest absolute Gasteiger partial charge is 0.400 e. The molecule has 4 nitrogen and oxygen atoms in total. The number of rotatable bonds is 12. The summed E-state index contributed by atoms with van der Waals surface area (Å²) in [7, 11) is 1.00. The van der Waals surface area contributed by atoms with Gasteiger partial charge in [0.05, 0.1) is 0 Å². The molecule has 0 spiro atoms. The van der Waals surface area contributed by atoms with Gasteiger partial charge in [0.2, 0.25) is 5.91 Å². The number of aliphatic hydroxyl groups is 1. The molecule has 0 bridgehead atoms. The Morgan fingerprint density at radius 3 is 1.76 bits per heavy atom. The van der Waals surface area contributed by atoms with Gasteiger partial charge in [-0.3, -0.25) is 4.79 Å². The van der Waals surface area contributed by atoms with Gasteiger partial charge in [-0.05, 0) is 19.8 Å². The average molecular weight is 303 g/mol. The van der Waals surface area contributed by atoms with Crippen molar-refractivity contribution in [3.63, 3.8) is 0 Å². The molecule has 128 valence electrons. The highest BCUT2D eigenvalue weighted by Gasteiger charge is 1.98. The maximum Gasteiger partial charge on any atom is 0.219 e. The zero-order chi connectivity index (χ0) is 16.8. The van der Waals surface area contributed by atoms with Gasteiger partial charge in [-0.15, -0.1) is 0 Å². The van der Waals surface area contributed by atoms with Crippen molar-refractivity contribution >= 4 is 12.2 Å². The van der Waals surface area contributed by atoms with Crippen molar-refractivity contribution in [1.29, 1.82) is 0 Å². The Balaban J connectivity index is -0.000000739. The number of aldehydes is 1. The molecule has 0 heterocycles. The molecule has 2 N–H and O–H groups in total. The van der Waals surface area contributed by atoms with Crippen LogP contribution in [0, 0.1) is 0 Å². The normalized spacial score (nSPS) is 8.81. The van der Waals surface area contributed by atoms with Crippen molar-refractivity contribution in [2.45, 2.75) is 85.0 Å². The zero-order valence-corrected chi connectivity index (χ0v) is 14.6. The number of nitrogens with one attached hydrogen (secondary N) is 1. The van der Waals surface area contributed by atoms with Crippen LogP contribution in [0.2, 0.25) is 0 Å². The van der Waals surface area contributed by atoms with Crippen LogP contribution in [0.15, 0.2) is 0 Å². The van der Waals surface area contributed by atoms with Gasteiger partial charge in [0.15, 0.2) is 0 Å². The van der Waals surface area contributed by atoms with Crippen molar-refractivity contribution in [2.75, 3.05) is 13.7 Å². The molecule has 0 aromatic heterocycles. The van der Waals surface area contributed by atoms with Crippen molar-refractivity contribution < 1.29 is 14.7 Å². The first kappa shape index (κ1) is 25.1. The molecule has 0 unspecified atom stereocenters. The molecule has 0 aliphatic heterocycles. The van der Waals surface area contributed by atoms with Crippen LogP contribution in [0.5, 0.6) is 0 Å². The second kappa shape index (κ2) is 27.4. The fourth-order valence-corrected chi connectivity index (χ4v) is 1.86. The second-order valence-corrected chi connectivity index (χ2v) is 4.49. The summed E-state index contributed by atoms with van der Waals surface area (Å²) in [5.41, 5.74) is 0. The minimum Gasteiger partial charge on any atom is -0.400 e. The lowest BCUT2D eigenvalue weighted by atomic mass is 10.1. The number of aliphatic hydroxyl groups excluding tert-OH is 1. The van der Waals surface area contributed by atoms with E-state index in [9.17, 15) is 9.59 Å². The molecule has 21 heavy (non-hydrogen) atoms. The van der Waals surface area contributed by atoms with Gasteiger partial charge in [0.1, 0.15) is 6.29 Å². The van der Waals surface area contributed by atoms with Gasteiger partial charge in [-0.2, -0.15) is 0 Å². The van der Waals surface area contributed by atoms with Crippen molar-refractivity contribution in [2.24, 2.45) is 0 Å². The molecule has 0 aliphatic carbocycles. The van der Waals surface area contributed by atoms with Crippen LogP contribution in [0.4, 0.5) is 0 Å². The molecule has 1 amide bonds. The smallest absolute Gasteiger partial charge is 0.219 e. The Morgan fingerprint density at radius 1 is 0.905 bits per heavy atom. The standard InChI is InChI=1S/C14H27NO2.C2H6.CH4O/c1-2-15-14(17)12-10-8-6-4-3-5-7-9-11-13-16;2*1-2/h13H,2-12H2,1H3,(H,15,17);1-2H3;2H,1H3. The van der Waals surface area contributed by atoms with Crippen LogP contribution in [0.1, 0.15) is 85.0 Å². The highest BCUT2D eigenvalue weighted by Crippen LogP contribution is 2.10. The van der Waals surface area contributed by atoms with Crippen molar-refractivity contribution in [1.82, 2.24) is 5.32 Å². The Labute approximate surface area is 131 Å². The molecule has 0 rings (SSSR count). The first-order valence-corrected chi connectivity index (χ1v) is 8.46. The van der Waals surface area contributed by atoms with Crippen LogP contribution in [0.3, 0.4) is 0 Å². The first-order valence-electron chi connectivity index (χ1n) is 8.46. The molecule has 0 atom stereocenters. The molecule has 0 saturated carbocycles. The van der Waals surface area contributed by atoms with Crippen LogP contribution < -0.4 is 5.32 Å². The maximum absolute atomic E-state index is 11.1. The lowest BCUT2D eigenvalue weighted by Gasteiger charge is -2.02. The van der Waals surface area contributed by atoms with E-state index in [-0.39, 0.29) is 5.91 Å². The Bertz CT molecular complexity index is 196. The fourth-order valence-electron chi connectivity index (χ4n) is 1.86. The summed E-state index contributed by atoms with van der Waals surface area (Å²) in [6, 6.07) is 0. The molecular formula is C17H37NO3. The molecule has 0 radical (unpaired) electrons. The van der Waals surface area contributed by atoms with Crippen LogP contribution in [-0.4, -0.2) is 31.0 Å². The third-order valence-electron chi connectivity index (χ3n) is 2.85. The van der Waals surface area contributed by atoms with E-state index in [0.717, 1.165) is 39.2 Å². The Hall–Kier alpha value is -0.900. The molecule has 0 fully saturated rings. The minimum absolute atomic E-state index is 0.182. The fraction of sp³-hybridized carbons (Fsp3) is 0.882. The van der Waals surface area contributed by atoms with Gasteiger partial charge in [-0.1, -0.05) is 52.4 Å². The summed E-state index contributed by atoms with van der Waals surface area (Å²) in [4.78, 5) is 21.2. The average Bonchev–Trinajstić information content (AvgIpc) is 2.53. The van der Waals surface area contributed by atoms with Crippen molar-refractivity contribution in [3.8, 4) is 0 Å². The molecular weight excluding hydrogens is 266 g/mol. The minimum atomic E-state index is 0.182. The molecule has 0 aromatic carbocycles. The van der Waals surface area contributed by atoms with E-state index in [2.05, 4.69) is 5.32 Å². The summed E-state index contributed by atoms with van der Waals surface area (Å²) < 4.78 is 0. The van der Waals surface area contributed by atoms with E-state index in [1.807, 2.05) is 20.8 Å². The van der Waals surface area contributed by atoms with Crippen LogP contribution >= 0.6 is 0 Å². The zero-order valence-electron chi connectivity index (χ0n) is 14.6. The van der Waals surface area contributed by atoms with Gasteiger partial charge < -0.3 is 15.2 Å². The third-order valence-corrected chi connectivity index (χ3v) is 2.85. The predicted octanol–water partition coefficient (Wildman–Crippen LogP) is 3.86. The highest BCUT2D eigenvalue weighted by atomic mass is 16.2. The second-order valence-electron chi connectivity index (χ2n) is 4.49. The lowest BCUT2D eigenvalue weighted by molar-refractivity contribution is -0.121. The number of amides is 1. The van der Waals surface area contributed by atoms with E-state index in [1.165, 1.54) is 32.1 Å². The summed E-state index contributed by atoms with van der Waals surface area (Å²) in [6.45, 7) is 6.68. The molecule has 0 aliphatic rings. The predicted molar refractivity (Wildman–Crippen MR) is 90.4 cm³/mol. The molecule has 0 saturated heterocycles. The van der Waals surface area contributed by atoms with Gasteiger partial charge in [0, 0.05) is 26.5 Å². The van der Waals surface area contributed by atoms with E-state index in [0.29, 0.717) is 12.8 Å². The van der Waals surface area contributed by atoms with Gasteiger partial charge in [-0.25, -0.2) is 0 Å². The maximum atomic E-state index is 11.1. The molecule has 4 heteroatoms. The number of carbonyl (C=O) groups is 2. The van der Waals surface area contributed by atoms with E-state index in [4.69, 9.17) is 5.11 Å². The SMILES string of the molecule is CC.CCNC(=O)CCCCCCCCCCC=O.CO. The topological polar surface area (TPSA) is 66.4 Å².